The number of H-pyrrole nitrogens is 1. The number of hydrogen-bond donors (Lipinski definition) is 2. The Kier molecular flexibility index (Phi) is 9.82. The largest absolute Gasteiger partial charge is 0.497 e. The van der Waals surface area contributed by atoms with E-state index in [1.54, 1.807) is 47.1 Å². The first-order chi connectivity index (χ1) is 21.5. The molecular weight excluding hydrogens is 580 g/mol. The van der Waals surface area contributed by atoms with Gasteiger partial charge in [0, 0.05) is 24.5 Å². The summed E-state index contributed by atoms with van der Waals surface area (Å²) in [5.74, 6) is -0.784. The monoisotopic (exact) mass is 613 g/mol. The van der Waals surface area contributed by atoms with Crippen LogP contribution in [0.25, 0.3) is 22.7 Å². The van der Waals surface area contributed by atoms with Crippen molar-refractivity contribution in [1.29, 1.82) is 0 Å². The van der Waals surface area contributed by atoms with E-state index < -0.39 is 23.1 Å². The van der Waals surface area contributed by atoms with Crippen LogP contribution in [0, 0.1) is 12.7 Å². The van der Waals surface area contributed by atoms with Crippen LogP contribution < -0.4 is 20.3 Å². The van der Waals surface area contributed by atoms with Gasteiger partial charge in [0.15, 0.2) is 11.6 Å². The van der Waals surface area contributed by atoms with Crippen LogP contribution in [-0.2, 0) is 7.05 Å². The van der Waals surface area contributed by atoms with Crippen molar-refractivity contribution in [2.75, 3.05) is 12.4 Å². The number of rotatable bonds is 11. The molecule has 232 valence electrons. The quantitative estimate of drug-likeness (QED) is 0.104. The van der Waals surface area contributed by atoms with Gasteiger partial charge in [0.2, 0.25) is 0 Å². The Balaban J connectivity index is 1.56. The van der Waals surface area contributed by atoms with Gasteiger partial charge >= 0.3 is 0 Å². The fourth-order valence-electron chi connectivity index (χ4n) is 4.65. The summed E-state index contributed by atoms with van der Waals surface area (Å²) in [6, 6.07) is 13.2. The molecule has 0 unspecified atom stereocenters. The number of ether oxygens (including phenoxy) is 2. The number of amides is 1. The lowest BCUT2D eigenvalue weighted by atomic mass is 10.1. The second-order valence-electron chi connectivity index (χ2n) is 9.78. The summed E-state index contributed by atoms with van der Waals surface area (Å²) in [6.07, 6.45) is 5.75. The van der Waals surface area contributed by atoms with Crippen LogP contribution in [0.2, 0.25) is 0 Å². The number of aromatic amines is 1. The molecule has 4 aromatic rings. The Labute approximate surface area is 259 Å². The van der Waals surface area contributed by atoms with Gasteiger partial charge in [-0.3, -0.25) is 14.3 Å². The maximum Gasteiger partial charge on any atom is 0.284 e. The van der Waals surface area contributed by atoms with Gasteiger partial charge in [-0.15, -0.1) is 0 Å². The Morgan fingerprint density at radius 2 is 1.80 bits per heavy atom. The highest BCUT2D eigenvalue weighted by Gasteiger charge is 2.23. The highest BCUT2D eigenvalue weighted by Crippen LogP contribution is 2.35. The first kappa shape index (κ1) is 32.2. The number of allylic oxidation sites excluding steroid dienone is 6. The highest BCUT2D eigenvalue weighted by atomic mass is 19.1. The number of carbonyl (C=O) groups excluding carboxylic acids is 1. The van der Waals surface area contributed by atoms with E-state index in [0.29, 0.717) is 34.3 Å². The first-order valence-corrected chi connectivity index (χ1v) is 13.8. The normalized spacial score (nSPS) is 12.0. The van der Waals surface area contributed by atoms with Gasteiger partial charge in [-0.2, -0.15) is 0 Å². The maximum atomic E-state index is 15.3. The van der Waals surface area contributed by atoms with Crippen molar-refractivity contribution < 1.29 is 23.0 Å². The summed E-state index contributed by atoms with van der Waals surface area (Å²) in [5, 5.41) is 2.58. The zero-order chi connectivity index (χ0) is 32.8. The Morgan fingerprint density at radius 1 is 1.09 bits per heavy atom. The van der Waals surface area contributed by atoms with Gasteiger partial charge in [0.25, 0.3) is 11.5 Å². The van der Waals surface area contributed by atoms with Crippen molar-refractivity contribution in [3.63, 3.8) is 0 Å². The number of halogens is 2. The van der Waals surface area contributed by atoms with Crippen LogP contribution in [0.1, 0.15) is 35.5 Å². The summed E-state index contributed by atoms with van der Waals surface area (Å²) < 4.78 is 42.4. The molecule has 1 amide bonds. The molecule has 11 heteroatoms. The molecule has 0 atom stereocenters. The molecule has 0 fully saturated rings. The number of hydrogen-bond acceptors (Lipinski definition) is 5. The molecule has 2 aromatic carbocycles. The van der Waals surface area contributed by atoms with Gasteiger partial charge in [-0.25, -0.2) is 18.5 Å². The van der Waals surface area contributed by atoms with Gasteiger partial charge in [0.1, 0.15) is 28.7 Å². The number of methoxy groups -OCH3 is 1. The number of aromatic nitrogens is 3. The Morgan fingerprint density at radius 3 is 2.38 bits per heavy atom. The minimum absolute atomic E-state index is 0.0967. The molecule has 0 aliphatic carbocycles. The molecule has 0 saturated heterocycles. The summed E-state index contributed by atoms with van der Waals surface area (Å²) in [7, 11) is 3.19. The van der Waals surface area contributed by atoms with Gasteiger partial charge < -0.3 is 19.8 Å². The predicted molar refractivity (Wildman–Crippen MR) is 174 cm³/mol. The molecule has 0 radical (unpaired) electrons. The molecule has 0 bridgehead atoms. The smallest absolute Gasteiger partial charge is 0.284 e. The van der Waals surface area contributed by atoms with E-state index in [4.69, 9.17) is 9.47 Å². The van der Waals surface area contributed by atoms with Gasteiger partial charge in [-0.05, 0) is 93.7 Å². The fraction of sp³-hybridized carbons (Fsp3) is 0.147. The zero-order valence-corrected chi connectivity index (χ0v) is 25.6. The van der Waals surface area contributed by atoms with Gasteiger partial charge in [0.05, 0.1) is 24.1 Å². The third-order valence-corrected chi connectivity index (χ3v) is 7.05. The summed E-state index contributed by atoms with van der Waals surface area (Å²) in [4.78, 5) is 33.7. The molecule has 45 heavy (non-hydrogen) atoms. The summed E-state index contributed by atoms with van der Waals surface area (Å²) >= 11 is 0. The fourth-order valence-corrected chi connectivity index (χ4v) is 4.65. The van der Waals surface area contributed by atoms with Crippen molar-refractivity contribution in [2.24, 2.45) is 12.0 Å². The van der Waals surface area contributed by atoms with Crippen LogP contribution in [0.4, 0.5) is 20.3 Å². The van der Waals surface area contributed by atoms with E-state index in [1.165, 1.54) is 27.6 Å². The second kappa shape index (κ2) is 13.7. The average Bonchev–Trinajstić information content (AvgIpc) is 3.55. The predicted octanol–water partition coefficient (Wildman–Crippen LogP) is 7.56. The molecular formula is C34H33F2N5O4. The molecule has 4 rings (SSSR count). The van der Waals surface area contributed by atoms with E-state index in [9.17, 15) is 14.0 Å². The van der Waals surface area contributed by atoms with Crippen LogP contribution in [0.3, 0.4) is 0 Å². The molecule has 0 saturated carbocycles. The second-order valence-corrected chi connectivity index (χ2v) is 9.78. The minimum atomic E-state index is -0.749. The van der Waals surface area contributed by atoms with E-state index in [1.807, 2.05) is 30.3 Å². The minimum Gasteiger partial charge on any atom is -0.497 e. The summed E-state index contributed by atoms with van der Waals surface area (Å²) in [5.41, 5.74) is 2.22. The highest BCUT2D eigenvalue weighted by molar-refractivity contribution is 6.05. The lowest BCUT2D eigenvalue weighted by Crippen LogP contribution is -2.25. The number of nitrogens with zero attached hydrogens (tertiary/aromatic N) is 3. The number of benzene rings is 2. The van der Waals surface area contributed by atoms with Crippen LogP contribution in [-0.4, -0.2) is 34.1 Å². The van der Waals surface area contributed by atoms with E-state index >= 15 is 4.39 Å². The molecule has 2 N–H and O–H groups in total. The molecule has 9 nitrogen and oxygen atoms in total. The number of nitrogens with one attached hydrogen (secondary N) is 2. The molecule has 0 aliphatic rings. The van der Waals surface area contributed by atoms with E-state index in [0.717, 1.165) is 23.4 Å². The van der Waals surface area contributed by atoms with E-state index in [-0.39, 0.29) is 17.0 Å². The first-order valence-electron chi connectivity index (χ1n) is 13.8. The number of aliphatic imine (C=N–C) groups is 1. The average molecular weight is 614 g/mol. The molecule has 2 aromatic heterocycles. The third-order valence-electron chi connectivity index (χ3n) is 7.05. The van der Waals surface area contributed by atoms with Crippen molar-refractivity contribution in [2.45, 2.75) is 20.8 Å². The number of carbonyl (C=O) groups is 1. The Hall–Kier alpha value is -5.71. The van der Waals surface area contributed by atoms with Crippen molar-refractivity contribution in [3.8, 4) is 22.8 Å². The standard InChI is InChI=1S/C34H33F2N5O4/c1-8-24(14-10-20(3)35)41-34(43)31(21(4)40(41)6)33(42)38-23-13-17-30(27(36)18-23)45-29(9-2)26-19-28(39-32(26)37-5)22-11-15-25(44-7)16-12-22/h8-19,39H,3,5H2,1-2,4,6-7H3,(H,38,42)/b14-10-,24-8+,29-9+. The molecule has 0 spiro atoms. The molecule has 2 heterocycles. The lowest BCUT2D eigenvalue weighted by Gasteiger charge is -2.12. The van der Waals surface area contributed by atoms with Gasteiger partial charge in [-0.1, -0.05) is 12.7 Å². The molecule has 0 aliphatic heterocycles. The lowest BCUT2D eigenvalue weighted by molar-refractivity contribution is 0.102. The zero-order valence-electron chi connectivity index (χ0n) is 25.6. The maximum absolute atomic E-state index is 15.3. The van der Waals surface area contributed by atoms with E-state index in [2.05, 4.69) is 28.6 Å². The number of anilines is 1. The van der Waals surface area contributed by atoms with Crippen molar-refractivity contribution in [3.05, 3.63) is 118 Å². The topological polar surface area (TPSA) is 103 Å². The van der Waals surface area contributed by atoms with Crippen molar-refractivity contribution in [1.82, 2.24) is 14.3 Å². The van der Waals surface area contributed by atoms with Crippen LogP contribution >= 0.6 is 0 Å². The van der Waals surface area contributed by atoms with Crippen LogP contribution in [0.5, 0.6) is 11.5 Å². The SMILES string of the molecule is C=Nc1[nH]c(-c2ccc(OC)cc2)cc1/C(=C\C)Oc1ccc(NC(=O)c2c(C)n(C)n(C(/C=C\C(=C)F)=C/C)c2=O)cc1F. The third kappa shape index (κ3) is 6.77. The van der Waals surface area contributed by atoms with Crippen molar-refractivity contribution >= 4 is 35.6 Å². The summed E-state index contributed by atoms with van der Waals surface area (Å²) in [6.45, 7) is 11.8. The van der Waals surface area contributed by atoms with Crippen LogP contribution in [0.15, 0.2) is 95.0 Å². The Bertz CT molecular complexity index is 1920.